The summed E-state index contributed by atoms with van der Waals surface area (Å²) < 4.78 is 5.69. The van der Waals surface area contributed by atoms with E-state index in [1.807, 2.05) is 0 Å². The molecule has 2 N–H and O–H groups in total. The second-order valence-corrected chi connectivity index (χ2v) is 6.66. The van der Waals surface area contributed by atoms with E-state index in [9.17, 15) is 4.79 Å². The average Bonchev–Trinajstić information content (AvgIpc) is 2.93. The Morgan fingerprint density at radius 2 is 2.10 bits per heavy atom. The van der Waals surface area contributed by atoms with Gasteiger partial charge in [-0.3, -0.25) is 0 Å². The molecule has 0 aromatic rings. The molecule has 0 aromatic carbocycles. The van der Waals surface area contributed by atoms with Crippen molar-refractivity contribution in [3.05, 3.63) is 0 Å². The van der Waals surface area contributed by atoms with E-state index in [4.69, 9.17) is 4.74 Å². The van der Waals surface area contributed by atoms with E-state index in [0.717, 1.165) is 38.8 Å². The summed E-state index contributed by atoms with van der Waals surface area (Å²) in [4.78, 5) is 14.1. The molecule has 2 amide bonds. The molecule has 0 spiro atoms. The van der Waals surface area contributed by atoms with Crippen molar-refractivity contribution >= 4 is 6.03 Å². The lowest BCUT2D eigenvalue weighted by Crippen LogP contribution is -2.42. The van der Waals surface area contributed by atoms with Gasteiger partial charge in [0.05, 0.1) is 6.10 Å². The molecule has 2 aliphatic rings. The van der Waals surface area contributed by atoms with Crippen LogP contribution in [0, 0.1) is 0 Å². The highest BCUT2D eigenvalue weighted by molar-refractivity contribution is 5.74. The van der Waals surface area contributed by atoms with Gasteiger partial charge in [0.25, 0.3) is 0 Å². The molecule has 0 bridgehead atoms. The van der Waals surface area contributed by atoms with Crippen molar-refractivity contribution in [1.29, 1.82) is 0 Å². The topological polar surface area (TPSA) is 53.6 Å². The van der Waals surface area contributed by atoms with Crippen LogP contribution in [0.5, 0.6) is 0 Å². The largest absolute Gasteiger partial charge is 0.378 e. The SMILES string of the molecule is CN(C)[C@@H]1CC[C@H](NC(=O)NCCC[C@@H]2CCCCO2)C1. The lowest BCUT2D eigenvalue weighted by Gasteiger charge is -2.22. The van der Waals surface area contributed by atoms with Gasteiger partial charge in [-0.15, -0.1) is 0 Å². The molecule has 3 atom stereocenters. The summed E-state index contributed by atoms with van der Waals surface area (Å²) in [6, 6.07) is 0.932. The highest BCUT2D eigenvalue weighted by Crippen LogP contribution is 2.22. The third-order valence-electron chi connectivity index (χ3n) is 4.73. The summed E-state index contributed by atoms with van der Waals surface area (Å²) in [7, 11) is 4.22. The maximum atomic E-state index is 11.9. The molecule has 0 aromatic heterocycles. The predicted molar refractivity (Wildman–Crippen MR) is 84.5 cm³/mol. The fourth-order valence-corrected chi connectivity index (χ4v) is 3.36. The zero-order valence-electron chi connectivity index (χ0n) is 13.6. The number of carbonyl (C=O) groups is 1. The number of rotatable bonds is 6. The maximum Gasteiger partial charge on any atom is 0.315 e. The van der Waals surface area contributed by atoms with Crippen LogP contribution in [0.2, 0.25) is 0 Å². The van der Waals surface area contributed by atoms with Gasteiger partial charge >= 0.3 is 6.03 Å². The van der Waals surface area contributed by atoms with Crippen molar-refractivity contribution in [3.8, 4) is 0 Å². The molecule has 1 heterocycles. The summed E-state index contributed by atoms with van der Waals surface area (Å²) >= 11 is 0. The number of hydrogen-bond acceptors (Lipinski definition) is 3. The summed E-state index contributed by atoms with van der Waals surface area (Å²) in [5.41, 5.74) is 0. The summed E-state index contributed by atoms with van der Waals surface area (Å²) in [6.45, 7) is 1.66. The van der Waals surface area contributed by atoms with Gasteiger partial charge in [-0.25, -0.2) is 4.79 Å². The second kappa shape index (κ2) is 8.59. The van der Waals surface area contributed by atoms with Crippen LogP contribution in [-0.2, 0) is 4.74 Å². The molecule has 0 unspecified atom stereocenters. The van der Waals surface area contributed by atoms with E-state index in [-0.39, 0.29) is 6.03 Å². The van der Waals surface area contributed by atoms with Crippen molar-refractivity contribution in [2.45, 2.75) is 69.6 Å². The third-order valence-corrected chi connectivity index (χ3v) is 4.73. The Labute approximate surface area is 128 Å². The van der Waals surface area contributed by atoms with E-state index >= 15 is 0 Å². The molecule has 21 heavy (non-hydrogen) atoms. The quantitative estimate of drug-likeness (QED) is 0.738. The van der Waals surface area contributed by atoms with Crippen LogP contribution in [0.25, 0.3) is 0 Å². The lowest BCUT2D eigenvalue weighted by molar-refractivity contribution is 0.0103. The van der Waals surface area contributed by atoms with Crippen LogP contribution in [0.4, 0.5) is 4.79 Å². The average molecular weight is 297 g/mol. The minimum absolute atomic E-state index is 0.0102. The van der Waals surface area contributed by atoms with Gasteiger partial charge in [0.2, 0.25) is 0 Å². The van der Waals surface area contributed by atoms with Gasteiger partial charge in [-0.2, -0.15) is 0 Å². The first-order valence-electron chi connectivity index (χ1n) is 8.47. The minimum atomic E-state index is -0.0102. The molecule has 122 valence electrons. The van der Waals surface area contributed by atoms with E-state index < -0.39 is 0 Å². The fourth-order valence-electron chi connectivity index (χ4n) is 3.36. The Hall–Kier alpha value is -0.810. The first kappa shape index (κ1) is 16.6. The van der Waals surface area contributed by atoms with Crippen molar-refractivity contribution in [2.24, 2.45) is 0 Å². The number of amides is 2. The van der Waals surface area contributed by atoms with Crippen molar-refractivity contribution in [1.82, 2.24) is 15.5 Å². The predicted octanol–water partition coefficient (Wildman–Crippen LogP) is 2.12. The number of nitrogens with zero attached hydrogens (tertiary/aromatic N) is 1. The number of ether oxygens (including phenoxy) is 1. The number of nitrogens with one attached hydrogen (secondary N) is 2. The number of carbonyl (C=O) groups excluding carboxylic acids is 1. The smallest absolute Gasteiger partial charge is 0.315 e. The van der Waals surface area contributed by atoms with E-state index in [0.29, 0.717) is 18.2 Å². The van der Waals surface area contributed by atoms with Crippen LogP contribution in [0.15, 0.2) is 0 Å². The van der Waals surface area contributed by atoms with Crippen molar-refractivity contribution < 1.29 is 9.53 Å². The Morgan fingerprint density at radius 1 is 1.24 bits per heavy atom. The van der Waals surface area contributed by atoms with E-state index in [1.165, 1.54) is 25.7 Å². The second-order valence-electron chi connectivity index (χ2n) is 6.66. The number of hydrogen-bond donors (Lipinski definition) is 2. The zero-order chi connectivity index (χ0) is 15.1. The fraction of sp³-hybridized carbons (Fsp3) is 0.938. The van der Waals surface area contributed by atoms with Gasteiger partial charge in [0.15, 0.2) is 0 Å². The van der Waals surface area contributed by atoms with Gasteiger partial charge < -0.3 is 20.3 Å². The van der Waals surface area contributed by atoms with Crippen LogP contribution in [0.3, 0.4) is 0 Å². The third kappa shape index (κ3) is 5.83. The lowest BCUT2D eigenvalue weighted by atomic mass is 10.0. The molecule has 5 nitrogen and oxygen atoms in total. The Bertz CT molecular complexity index is 317. The highest BCUT2D eigenvalue weighted by atomic mass is 16.5. The summed E-state index contributed by atoms with van der Waals surface area (Å²) in [5.74, 6) is 0. The monoisotopic (exact) mass is 297 g/mol. The van der Waals surface area contributed by atoms with Crippen LogP contribution in [-0.4, -0.2) is 56.4 Å². The van der Waals surface area contributed by atoms with Crippen molar-refractivity contribution in [2.75, 3.05) is 27.2 Å². The molecule has 2 fully saturated rings. The van der Waals surface area contributed by atoms with Crippen LogP contribution in [0.1, 0.15) is 51.4 Å². The minimum Gasteiger partial charge on any atom is -0.378 e. The Kier molecular flexibility index (Phi) is 6.77. The van der Waals surface area contributed by atoms with E-state index in [2.05, 4.69) is 29.6 Å². The molecular formula is C16H31N3O2. The maximum absolute atomic E-state index is 11.9. The van der Waals surface area contributed by atoms with Crippen LogP contribution < -0.4 is 10.6 Å². The highest BCUT2D eigenvalue weighted by Gasteiger charge is 2.26. The number of urea groups is 1. The van der Waals surface area contributed by atoms with E-state index in [1.54, 1.807) is 0 Å². The Morgan fingerprint density at radius 3 is 2.76 bits per heavy atom. The first-order chi connectivity index (χ1) is 10.1. The summed E-state index contributed by atoms with van der Waals surface area (Å²) in [5, 5.41) is 6.07. The molecule has 0 radical (unpaired) electrons. The molecule has 5 heteroatoms. The van der Waals surface area contributed by atoms with Gasteiger partial charge in [-0.1, -0.05) is 0 Å². The van der Waals surface area contributed by atoms with Crippen LogP contribution >= 0.6 is 0 Å². The molecule has 1 saturated heterocycles. The molecule has 1 aliphatic heterocycles. The summed E-state index contributed by atoms with van der Waals surface area (Å²) in [6.07, 6.45) is 9.48. The van der Waals surface area contributed by atoms with Gasteiger partial charge in [-0.05, 0) is 65.5 Å². The van der Waals surface area contributed by atoms with Gasteiger partial charge in [0, 0.05) is 25.2 Å². The standard InChI is InChI=1S/C16H31N3O2/c1-19(2)14-9-8-13(12-14)18-16(20)17-10-5-7-15-6-3-4-11-21-15/h13-15H,3-12H2,1-2H3,(H2,17,18,20)/t13-,14+,15-/m0/s1. The molecule has 1 saturated carbocycles. The molecule has 1 aliphatic carbocycles. The first-order valence-corrected chi connectivity index (χ1v) is 8.47. The van der Waals surface area contributed by atoms with Crippen molar-refractivity contribution in [3.63, 3.8) is 0 Å². The molecule has 2 rings (SSSR count). The molecular weight excluding hydrogens is 266 g/mol. The van der Waals surface area contributed by atoms with Gasteiger partial charge in [0.1, 0.15) is 0 Å². The zero-order valence-corrected chi connectivity index (χ0v) is 13.6. The Balaban J connectivity index is 1.51. The normalized spacial score (nSPS) is 29.6.